The van der Waals surface area contributed by atoms with Gasteiger partial charge in [-0.25, -0.2) is 0 Å². The summed E-state index contributed by atoms with van der Waals surface area (Å²) in [7, 11) is 0. The number of carbonyl (C=O) groups is 1. The van der Waals surface area contributed by atoms with Crippen LogP contribution in [0, 0.1) is 0 Å². The Labute approximate surface area is 175 Å². The van der Waals surface area contributed by atoms with E-state index in [-0.39, 0.29) is 18.1 Å². The van der Waals surface area contributed by atoms with E-state index in [1.807, 2.05) is 24.3 Å². The number of anilines is 1. The van der Waals surface area contributed by atoms with Gasteiger partial charge in [0.05, 0.1) is 17.2 Å². The zero-order valence-electron chi connectivity index (χ0n) is 16.6. The summed E-state index contributed by atoms with van der Waals surface area (Å²) < 4.78 is 16.9. The van der Waals surface area contributed by atoms with Gasteiger partial charge in [0.15, 0.2) is 11.5 Å². The summed E-state index contributed by atoms with van der Waals surface area (Å²) >= 11 is 6.28. The highest BCUT2D eigenvalue weighted by molar-refractivity contribution is 6.32. The van der Waals surface area contributed by atoms with Gasteiger partial charge in [-0.15, -0.1) is 0 Å². The minimum absolute atomic E-state index is 0.195. The lowest BCUT2D eigenvalue weighted by atomic mass is 10.1. The van der Waals surface area contributed by atoms with Crippen molar-refractivity contribution in [2.24, 2.45) is 0 Å². The molecule has 0 aliphatic carbocycles. The van der Waals surface area contributed by atoms with E-state index in [4.69, 9.17) is 25.8 Å². The van der Waals surface area contributed by atoms with Crippen LogP contribution in [0.1, 0.15) is 29.8 Å². The number of para-hydroxylation sites is 1. The van der Waals surface area contributed by atoms with Gasteiger partial charge in [0.2, 0.25) is 0 Å². The molecular formula is C22H25ClN2O4. The second-order valence-electron chi connectivity index (χ2n) is 7.54. The molecule has 1 saturated heterocycles. The summed E-state index contributed by atoms with van der Waals surface area (Å²) in [5.41, 5.74) is 2.28. The Bertz CT molecular complexity index is 894. The molecule has 0 radical (unpaired) electrons. The molecule has 2 aliphatic heterocycles. The van der Waals surface area contributed by atoms with Crippen LogP contribution in [-0.4, -0.2) is 49.3 Å². The van der Waals surface area contributed by atoms with Gasteiger partial charge >= 0.3 is 0 Å². The molecule has 1 fully saturated rings. The molecule has 2 aromatic carbocycles. The zero-order valence-corrected chi connectivity index (χ0v) is 17.4. The maximum atomic E-state index is 12.9. The number of rotatable bonds is 4. The second kappa shape index (κ2) is 8.61. The number of fused-ring (bicyclic) bond motifs is 1. The quantitative estimate of drug-likeness (QED) is 0.817. The summed E-state index contributed by atoms with van der Waals surface area (Å²) in [5.74, 6) is 0.754. The lowest BCUT2D eigenvalue weighted by molar-refractivity contribution is -0.0704. The number of nitrogens with zero attached hydrogens (tertiary/aromatic N) is 1. The number of halogens is 1. The molecule has 2 aliphatic rings. The van der Waals surface area contributed by atoms with Crippen molar-refractivity contribution in [2.45, 2.75) is 32.6 Å². The Balaban J connectivity index is 1.51. The van der Waals surface area contributed by atoms with Crippen LogP contribution in [-0.2, 0) is 11.3 Å². The van der Waals surface area contributed by atoms with Gasteiger partial charge in [0.1, 0.15) is 13.2 Å². The molecule has 4 rings (SSSR count). The SMILES string of the molecule is CC1CN(Cc2ccccc2NC(=O)c2cc(Cl)c3c(c2)OCCO3)CC(C)O1. The summed E-state index contributed by atoms with van der Waals surface area (Å²) in [4.78, 5) is 15.3. The highest BCUT2D eigenvalue weighted by atomic mass is 35.5. The third-order valence-electron chi connectivity index (χ3n) is 5.01. The maximum Gasteiger partial charge on any atom is 0.255 e. The summed E-state index contributed by atoms with van der Waals surface area (Å²) in [6.07, 6.45) is 0.390. The summed E-state index contributed by atoms with van der Waals surface area (Å²) in [6.45, 7) is 7.53. The number of carbonyl (C=O) groups excluding carboxylic acids is 1. The van der Waals surface area contributed by atoms with E-state index in [0.717, 1.165) is 30.9 Å². The molecule has 0 spiro atoms. The number of benzene rings is 2. The van der Waals surface area contributed by atoms with Gasteiger partial charge < -0.3 is 19.5 Å². The van der Waals surface area contributed by atoms with Crippen molar-refractivity contribution in [2.75, 3.05) is 31.6 Å². The Morgan fingerprint density at radius 1 is 1.14 bits per heavy atom. The average Bonchev–Trinajstić information content (AvgIpc) is 2.68. The number of hydrogen-bond acceptors (Lipinski definition) is 5. The third-order valence-corrected chi connectivity index (χ3v) is 5.29. The predicted molar refractivity (Wildman–Crippen MR) is 112 cm³/mol. The maximum absolute atomic E-state index is 12.9. The molecule has 0 saturated carbocycles. The molecule has 0 aromatic heterocycles. The van der Waals surface area contributed by atoms with E-state index in [1.54, 1.807) is 12.1 Å². The lowest BCUT2D eigenvalue weighted by Gasteiger charge is -2.35. The third kappa shape index (κ3) is 4.66. The zero-order chi connectivity index (χ0) is 20.4. The Morgan fingerprint density at radius 3 is 2.66 bits per heavy atom. The highest BCUT2D eigenvalue weighted by Gasteiger charge is 2.23. The van der Waals surface area contributed by atoms with Crippen LogP contribution >= 0.6 is 11.6 Å². The highest BCUT2D eigenvalue weighted by Crippen LogP contribution is 2.38. The van der Waals surface area contributed by atoms with Crippen molar-refractivity contribution in [3.63, 3.8) is 0 Å². The van der Waals surface area contributed by atoms with Crippen molar-refractivity contribution in [3.05, 3.63) is 52.5 Å². The number of morpholine rings is 1. The molecule has 1 N–H and O–H groups in total. The monoisotopic (exact) mass is 416 g/mol. The van der Waals surface area contributed by atoms with Crippen LogP contribution in [0.3, 0.4) is 0 Å². The Morgan fingerprint density at radius 2 is 1.86 bits per heavy atom. The van der Waals surface area contributed by atoms with Gasteiger partial charge in [0, 0.05) is 30.9 Å². The van der Waals surface area contributed by atoms with Crippen LogP contribution in [0.15, 0.2) is 36.4 Å². The van der Waals surface area contributed by atoms with Crippen molar-refractivity contribution in [1.29, 1.82) is 0 Å². The Kier molecular flexibility index (Phi) is 5.94. The average molecular weight is 417 g/mol. The van der Waals surface area contributed by atoms with Crippen molar-refractivity contribution in [1.82, 2.24) is 4.90 Å². The van der Waals surface area contributed by atoms with Gasteiger partial charge in [0.25, 0.3) is 5.91 Å². The van der Waals surface area contributed by atoms with Crippen LogP contribution < -0.4 is 14.8 Å². The number of hydrogen-bond donors (Lipinski definition) is 1. The van der Waals surface area contributed by atoms with E-state index in [2.05, 4.69) is 24.1 Å². The molecule has 29 heavy (non-hydrogen) atoms. The van der Waals surface area contributed by atoms with Crippen molar-refractivity contribution >= 4 is 23.2 Å². The fraction of sp³-hybridized carbons (Fsp3) is 0.409. The number of nitrogens with one attached hydrogen (secondary N) is 1. The normalized spacial score (nSPS) is 21.6. The van der Waals surface area contributed by atoms with E-state index in [1.165, 1.54) is 0 Å². The van der Waals surface area contributed by atoms with Crippen LogP contribution in [0.2, 0.25) is 5.02 Å². The molecule has 7 heteroatoms. The molecule has 154 valence electrons. The first-order valence-electron chi connectivity index (χ1n) is 9.86. The minimum Gasteiger partial charge on any atom is -0.486 e. The lowest BCUT2D eigenvalue weighted by Crippen LogP contribution is -2.44. The van der Waals surface area contributed by atoms with Gasteiger partial charge in [-0.1, -0.05) is 29.8 Å². The van der Waals surface area contributed by atoms with Gasteiger partial charge in [-0.3, -0.25) is 9.69 Å². The summed E-state index contributed by atoms with van der Waals surface area (Å²) in [5, 5.41) is 3.39. The smallest absolute Gasteiger partial charge is 0.255 e. The van der Waals surface area contributed by atoms with E-state index in [9.17, 15) is 4.79 Å². The van der Waals surface area contributed by atoms with Crippen molar-refractivity contribution in [3.8, 4) is 11.5 Å². The first-order valence-corrected chi connectivity index (χ1v) is 10.2. The molecule has 1 amide bonds. The van der Waals surface area contributed by atoms with Gasteiger partial charge in [-0.2, -0.15) is 0 Å². The van der Waals surface area contributed by atoms with Crippen LogP contribution in [0.5, 0.6) is 11.5 Å². The molecule has 2 unspecified atom stereocenters. The summed E-state index contributed by atoms with van der Waals surface area (Å²) in [6, 6.07) is 11.1. The second-order valence-corrected chi connectivity index (χ2v) is 7.95. The van der Waals surface area contributed by atoms with Crippen LogP contribution in [0.25, 0.3) is 0 Å². The molecule has 2 heterocycles. The fourth-order valence-electron chi connectivity index (χ4n) is 3.87. The fourth-order valence-corrected chi connectivity index (χ4v) is 4.14. The minimum atomic E-state index is -0.236. The number of ether oxygens (including phenoxy) is 3. The molecule has 6 nitrogen and oxygen atoms in total. The number of amides is 1. The molecule has 0 bridgehead atoms. The van der Waals surface area contributed by atoms with E-state index >= 15 is 0 Å². The standard InChI is InChI=1S/C22H25ClN2O4/c1-14-11-25(12-15(2)29-14)13-16-5-3-4-6-19(16)24-22(26)17-9-18(23)21-20(10-17)27-7-8-28-21/h3-6,9-10,14-15H,7-8,11-13H2,1-2H3,(H,24,26). The van der Waals surface area contributed by atoms with Gasteiger partial charge in [-0.05, 0) is 37.6 Å². The van der Waals surface area contributed by atoms with Crippen molar-refractivity contribution < 1.29 is 19.0 Å². The first kappa shape index (κ1) is 20.0. The first-order chi connectivity index (χ1) is 14.0. The predicted octanol–water partition coefficient (Wildman–Crippen LogP) is 3.97. The largest absolute Gasteiger partial charge is 0.486 e. The molecule has 2 atom stereocenters. The molecular weight excluding hydrogens is 392 g/mol. The van der Waals surface area contributed by atoms with E-state index < -0.39 is 0 Å². The topological polar surface area (TPSA) is 60.0 Å². The Hall–Kier alpha value is -2.28. The van der Waals surface area contributed by atoms with Crippen LogP contribution in [0.4, 0.5) is 5.69 Å². The van der Waals surface area contributed by atoms with E-state index in [0.29, 0.717) is 35.3 Å². The molecule has 2 aromatic rings.